The van der Waals surface area contributed by atoms with Gasteiger partial charge in [-0.3, -0.25) is 9.59 Å². The summed E-state index contributed by atoms with van der Waals surface area (Å²) in [6.07, 6.45) is 0. The third kappa shape index (κ3) is 3.92. The van der Waals surface area contributed by atoms with Gasteiger partial charge >= 0.3 is 0 Å². The number of nitrogens with zero attached hydrogens (tertiary/aromatic N) is 3. The predicted molar refractivity (Wildman–Crippen MR) is 82.6 cm³/mol. The van der Waals surface area contributed by atoms with Gasteiger partial charge in [0.2, 0.25) is 5.91 Å². The Labute approximate surface area is 123 Å². The van der Waals surface area contributed by atoms with Crippen LogP contribution in [0.1, 0.15) is 5.69 Å². The van der Waals surface area contributed by atoms with Crippen molar-refractivity contribution in [3.8, 4) is 0 Å². The summed E-state index contributed by atoms with van der Waals surface area (Å²) in [7, 11) is 3.90. The molecule has 1 aromatic heterocycles. The number of aromatic nitrogens is 2. The average Bonchev–Trinajstić information content (AvgIpc) is 2.43. The minimum atomic E-state index is -0.293. The largest absolute Gasteiger partial charge is 0.378 e. The number of carbonyl (C=O) groups excluding carboxylic acids is 1. The molecule has 0 aliphatic rings. The number of aryl methyl sites for hydroxylation is 1. The van der Waals surface area contributed by atoms with Gasteiger partial charge in [0.05, 0.1) is 5.69 Å². The van der Waals surface area contributed by atoms with Gasteiger partial charge in [0.1, 0.15) is 6.54 Å². The Hall–Kier alpha value is -2.63. The van der Waals surface area contributed by atoms with Crippen molar-refractivity contribution >= 4 is 17.3 Å². The second-order valence-electron chi connectivity index (χ2n) is 4.96. The molecule has 0 spiro atoms. The first-order valence-corrected chi connectivity index (χ1v) is 6.58. The lowest BCUT2D eigenvalue weighted by molar-refractivity contribution is -0.117. The Kier molecular flexibility index (Phi) is 4.37. The molecule has 0 aliphatic heterocycles. The van der Waals surface area contributed by atoms with E-state index in [9.17, 15) is 9.59 Å². The van der Waals surface area contributed by atoms with E-state index in [1.54, 1.807) is 13.0 Å². The molecule has 2 aromatic rings. The van der Waals surface area contributed by atoms with Crippen molar-refractivity contribution in [3.63, 3.8) is 0 Å². The monoisotopic (exact) mass is 286 g/mol. The highest BCUT2D eigenvalue weighted by Crippen LogP contribution is 2.15. The fraction of sp³-hybridized carbons (Fsp3) is 0.267. The molecule has 1 amide bonds. The summed E-state index contributed by atoms with van der Waals surface area (Å²) in [6, 6.07) is 10.5. The van der Waals surface area contributed by atoms with Gasteiger partial charge in [-0.05, 0) is 37.3 Å². The van der Waals surface area contributed by atoms with Crippen LogP contribution in [0.2, 0.25) is 0 Å². The molecule has 0 radical (unpaired) electrons. The van der Waals surface area contributed by atoms with Crippen LogP contribution in [0.3, 0.4) is 0 Å². The number of anilines is 2. The van der Waals surface area contributed by atoms with Gasteiger partial charge in [0, 0.05) is 31.5 Å². The normalized spacial score (nSPS) is 10.2. The Bertz CT molecular complexity index is 690. The first-order valence-electron chi connectivity index (χ1n) is 6.58. The molecule has 0 unspecified atom stereocenters. The van der Waals surface area contributed by atoms with Gasteiger partial charge in [-0.25, -0.2) is 4.68 Å². The van der Waals surface area contributed by atoms with E-state index in [1.165, 1.54) is 6.07 Å². The summed E-state index contributed by atoms with van der Waals surface area (Å²) in [5.74, 6) is -0.284. The highest BCUT2D eigenvalue weighted by atomic mass is 16.2. The quantitative estimate of drug-likeness (QED) is 0.918. The number of hydrogen-bond donors (Lipinski definition) is 1. The summed E-state index contributed by atoms with van der Waals surface area (Å²) in [5.41, 5.74) is 2.13. The Morgan fingerprint density at radius 1 is 1.19 bits per heavy atom. The lowest BCUT2D eigenvalue weighted by atomic mass is 10.2. The first kappa shape index (κ1) is 14.8. The average molecular weight is 286 g/mol. The number of nitrogens with one attached hydrogen (secondary N) is 1. The summed E-state index contributed by atoms with van der Waals surface area (Å²) < 4.78 is 1.15. The molecule has 6 nitrogen and oxygen atoms in total. The van der Waals surface area contributed by atoms with E-state index >= 15 is 0 Å². The molecule has 0 fully saturated rings. The molecule has 0 saturated carbocycles. The first-order chi connectivity index (χ1) is 9.95. The molecule has 2 rings (SSSR count). The second-order valence-corrected chi connectivity index (χ2v) is 4.96. The number of hydrogen-bond acceptors (Lipinski definition) is 4. The van der Waals surface area contributed by atoms with Crippen molar-refractivity contribution < 1.29 is 4.79 Å². The van der Waals surface area contributed by atoms with Crippen LogP contribution in [-0.4, -0.2) is 29.8 Å². The van der Waals surface area contributed by atoms with Crippen molar-refractivity contribution in [1.82, 2.24) is 9.78 Å². The van der Waals surface area contributed by atoms with E-state index in [4.69, 9.17) is 0 Å². The lowest BCUT2D eigenvalue weighted by Crippen LogP contribution is -2.29. The Morgan fingerprint density at radius 3 is 2.48 bits per heavy atom. The Morgan fingerprint density at radius 2 is 1.86 bits per heavy atom. The van der Waals surface area contributed by atoms with Gasteiger partial charge in [-0.1, -0.05) is 0 Å². The van der Waals surface area contributed by atoms with Crippen molar-refractivity contribution in [2.24, 2.45) is 0 Å². The third-order valence-corrected chi connectivity index (χ3v) is 2.96. The zero-order chi connectivity index (χ0) is 15.4. The predicted octanol–water partition coefficient (Wildman–Crippen LogP) is 1.26. The van der Waals surface area contributed by atoms with Crippen molar-refractivity contribution in [2.75, 3.05) is 24.3 Å². The van der Waals surface area contributed by atoms with Crippen LogP contribution in [-0.2, 0) is 11.3 Å². The number of carbonyl (C=O) groups is 1. The highest BCUT2D eigenvalue weighted by Gasteiger charge is 2.06. The van der Waals surface area contributed by atoms with Gasteiger partial charge in [-0.2, -0.15) is 5.10 Å². The third-order valence-electron chi connectivity index (χ3n) is 2.96. The standard InChI is InChI=1S/C15H18N4O2/c1-11-4-9-15(21)19(17-11)10-14(20)16-12-5-7-13(8-6-12)18(2)3/h4-9H,10H2,1-3H3,(H,16,20). The molecule has 1 aromatic carbocycles. The minimum absolute atomic E-state index is 0.101. The van der Waals surface area contributed by atoms with Crippen LogP contribution in [0.5, 0.6) is 0 Å². The van der Waals surface area contributed by atoms with Gasteiger partial charge in [0.15, 0.2) is 0 Å². The fourth-order valence-electron chi connectivity index (χ4n) is 1.84. The van der Waals surface area contributed by atoms with Gasteiger partial charge in [0.25, 0.3) is 5.56 Å². The number of benzene rings is 1. The lowest BCUT2D eigenvalue weighted by Gasteiger charge is -2.13. The van der Waals surface area contributed by atoms with Crippen LogP contribution in [0.25, 0.3) is 0 Å². The molecular weight excluding hydrogens is 268 g/mol. The topological polar surface area (TPSA) is 67.2 Å². The van der Waals surface area contributed by atoms with E-state index < -0.39 is 0 Å². The molecule has 110 valence electrons. The van der Waals surface area contributed by atoms with E-state index in [2.05, 4.69) is 10.4 Å². The van der Waals surface area contributed by atoms with Gasteiger partial charge in [-0.15, -0.1) is 0 Å². The molecular formula is C15H18N4O2. The van der Waals surface area contributed by atoms with Crippen molar-refractivity contribution in [3.05, 3.63) is 52.4 Å². The number of amides is 1. The molecule has 21 heavy (non-hydrogen) atoms. The van der Waals surface area contributed by atoms with E-state index in [0.717, 1.165) is 10.4 Å². The SMILES string of the molecule is Cc1ccc(=O)n(CC(=O)Nc2ccc(N(C)C)cc2)n1. The maximum atomic E-state index is 11.9. The van der Waals surface area contributed by atoms with E-state index in [1.807, 2.05) is 43.3 Å². The van der Waals surface area contributed by atoms with Crippen LogP contribution in [0.4, 0.5) is 11.4 Å². The molecule has 1 N–H and O–H groups in total. The van der Waals surface area contributed by atoms with Crippen molar-refractivity contribution in [2.45, 2.75) is 13.5 Å². The molecule has 6 heteroatoms. The van der Waals surface area contributed by atoms with E-state index in [0.29, 0.717) is 11.4 Å². The smallest absolute Gasteiger partial charge is 0.267 e. The summed E-state index contributed by atoms with van der Waals surface area (Å²) in [6.45, 7) is 1.67. The molecule has 1 heterocycles. The molecule has 0 saturated heterocycles. The Balaban J connectivity index is 2.04. The molecule has 0 atom stereocenters. The fourth-order valence-corrected chi connectivity index (χ4v) is 1.84. The van der Waals surface area contributed by atoms with E-state index in [-0.39, 0.29) is 18.0 Å². The van der Waals surface area contributed by atoms with Crippen LogP contribution < -0.4 is 15.8 Å². The molecule has 0 aliphatic carbocycles. The summed E-state index contributed by atoms with van der Waals surface area (Å²) >= 11 is 0. The van der Waals surface area contributed by atoms with Crippen molar-refractivity contribution in [1.29, 1.82) is 0 Å². The van der Waals surface area contributed by atoms with Gasteiger partial charge < -0.3 is 10.2 Å². The minimum Gasteiger partial charge on any atom is -0.378 e. The second kappa shape index (κ2) is 6.21. The number of rotatable bonds is 4. The highest BCUT2D eigenvalue weighted by molar-refractivity contribution is 5.90. The van der Waals surface area contributed by atoms with Crippen LogP contribution in [0, 0.1) is 6.92 Å². The zero-order valence-electron chi connectivity index (χ0n) is 12.3. The van der Waals surface area contributed by atoms with Crippen LogP contribution in [0.15, 0.2) is 41.2 Å². The van der Waals surface area contributed by atoms with Crippen LogP contribution >= 0.6 is 0 Å². The zero-order valence-corrected chi connectivity index (χ0v) is 12.3. The summed E-state index contributed by atoms with van der Waals surface area (Å²) in [5, 5.41) is 6.77. The maximum Gasteiger partial charge on any atom is 0.267 e. The maximum absolute atomic E-state index is 11.9. The molecule has 0 bridgehead atoms. The summed E-state index contributed by atoms with van der Waals surface area (Å²) in [4.78, 5) is 25.5.